The predicted octanol–water partition coefficient (Wildman–Crippen LogP) is 5.87. The summed E-state index contributed by atoms with van der Waals surface area (Å²) >= 11 is 12.5. The largest absolute Gasteiger partial charge is 2.00 e. The molecule has 0 saturated carbocycles. The number of halogens is 2. The molecule has 0 radical (unpaired) electrons. The molecule has 0 unspecified atom stereocenters. The van der Waals surface area contributed by atoms with Crippen LogP contribution in [0.2, 0.25) is 10.0 Å². The molecule has 0 heterocycles. The van der Waals surface area contributed by atoms with Crippen molar-refractivity contribution in [3.8, 4) is 0 Å². The Morgan fingerprint density at radius 1 is 0.704 bits per heavy atom. The molecule has 27 heavy (non-hydrogen) atoms. The van der Waals surface area contributed by atoms with E-state index in [9.17, 15) is 0 Å². The molecule has 0 aliphatic carbocycles. The quantitative estimate of drug-likeness (QED) is 0.172. The molecule has 0 aliphatic heterocycles. The van der Waals surface area contributed by atoms with E-state index in [1.165, 1.54) is 10.6 Å². The first kappa shape index (κ1) is 24.4. The maximum absolute atomic E-state index is 6.39. The van der Waals surface area contributed by atoms with E-state index in [0.717, 1.165) is 5.30 Å². The first-order valence-corrected chi connectivity index (χ1v) is 10.0. The Morgan fingerprint density at radius 3 is 1.52 bits per heavy atom. The first-order valence-electron chi connectivity index (χ1n) is 7.95. The summed E-state index contributed by atoms with van der Waals surface area (Å²) in [5, 5.41) is 4.96. The van der Waals surface area contributed by atoms with Gasteiger partial charge in [-0.15, -0.1) is 16.9 Å². The summed E-state index contributed by atoms with van der Waals surface area (Å²) in [6.45, 7) is 0. The molecule has 0 atom stereocenters. The molecule has 0 saturated heterocycles. The summed E-state index contributed by atoms with van der Waals surface area (Å²) < 4.78 is 0. The molecule has 5 heteroatoms. The van der Waals surface area contributed by atoms with Crippen molar-refractivity contribution in [3.63, 3.8) is 0 Å². The van der Waals surface area contributed by atoms with Crippen LogP contribution >= 0.6 is 31.1 Å². The van der Waals surface area contributed by atoms with Gasteiger partial charge in [-0.05, 0) is 10.6 Å². The van der Waals surface area contributed by atoms with Gasteiger partial charge in [-0.25, -0.2) is 12.1 Å². The number of hydrogen-bond acceptors (Lipinski definition) is 0. The summed E-state index contributed by atoms with van der Waals surface area (Å²) in [5.74, 6) is 0. The van der Waals surface area contributed by atoms with E-state index in [2.05, 4.69) is 48.5 Å². The summed E-state index contributed by atoms with van der Waals surface area (Å²) in [7, 11) is -0.662. The molecule has 0 N–H and O–H groups in total. The zero-order valence-electron chi connectivity index (χ0n) is 14.2. The van der Waals surface area contributed by atoms with Gasteiger partial charge in [-0.1, -0.05) is 78.6 Å². The summed E-state index contributed by atoms with van der Waals surface area (Å²) in [6, 6.07) is 34.8. The minimum atomic E-state index is -0.662. The van der Waals surface area contributed by atoms with Crippen molar-refractivity contribution in [2.24, 2.45) is 0 Å². The molecule has 0 aromatic heterocycles. The van der Waals surface area contributed by atoms with Crippen molar-refractivity contribution in [2.75, 3.05) is 0 Å². The topological polar surface area (TPSA) is 0 Å². The first-order chi connectivity index (χ1) is 12.3. The van der Waals surface area contributed by atoms with E-state index in [1.54, 1.807) is 0 Å². The maximum Gasteiger partial charge on any atom is 2.00 e. The molecule has 0 aliphatic rings. The summed E-state index contributed by atoms with van der Waals surface area (Å²) in [5.41, 5.74) is 0. The van der Waals surface area contributed by atoms with Crippen LogP contribution < -0.4 is 15.9 Å². The third kappa shape index (κ3) is 6.71. The molecule has 0 fully saturated rings. The van der Waals surface area contributed by atoms with Crippen molar-refractivity contribution in [2.45, 2.75) is 0 Å². The van der Waals surface area contributed by atoms with Crippen molar-refractivity contribution in [1.29, 1.82) is 0 Å². The van der Waals surface area contributed by atoms with Crippen LogP contribution in [0.5, 0.6) is 0 Å². The van der Waals surface area contributed by atoms with Gasteiger partial charge in [0.1, 0.15) is 0 Å². The minimum absolute atomic E-state index is 0. The van der Waals surface area contributed by atoms with Crippen LogP contribution in [-0.2, 0) is 37.5 Å². The fourth-order valence-corrected chi connectivity index (χ4v) is 5.44. The van der Waals surface area contributed by atoms with Crippen LogP contribution in [-0.4, -0.2) is 0 Å². The third-order valence-electron chi connectivity index (χ3n) is 3.65. The van der Waals surface area contributed by atoms with Crippen LogP contribution in [0.3, 0.4) is 0 Å². The minimum Gasteiger partial charge on any atom is -0.214 e. The zero-order chi connectivity index (χ0) is 17.5. The second kappa shape index (κ2) is 12.7. The maximum atomic E-state index is 6.39. The van der Waals surface area contributed by atoms with Gasteiger partial charge in [0.15, 0.2) is 0 Å². The van der Waals surface area contributed by atoms with Gasteiger partial charge in [-0.2, -0.15) is 41.9 Å². The zero-order valence-corrected chi connectivity index (χ0v) is 19.3. The van der Waals surface area contributed by atoms with Gasteiger partial charge in [-0.3, -0.25) is 0 Å². The van der Waals surface area contributed by atoms with Gasteiger partial charge in [0.2, 0.25) is 0 Å². The van der Waals surface area contributed by atoms with Crippen LogP contribution in [0.1, 0.15) is 0 Å². The summed E-state index contributed by atoms with van der Waals surface area (Å²) in [4.78, 5) is 0. The van der Waals surface area contributed by atoms with E-state index < -0.39 is 7.92 Å². The standard InChI is InChI=1S/C17H12Cl2P.C5H5.Fe.Pd/c18-15-11-12-16(17(15)19)20(13-7-3-1-4-8-13)14-9-5-2-6-10-14;1-2-4-5-3-1;;/h1-12H;1-5H;;/q2*-1;+2;. The van der Waals surface area contributed by atoms with Crippen molar-refractivity contribution < 1.29 is 37.5 Å². The molecular formula is C22H17Cl2FePPd. The van der Waals surface area contributed by atoms with Gasteiger partial charge in [0.05, 0.1) is 0 Å². The normalized spacial score (nSPS) is 9.59. The second-order valence-corrected chi connectivity index (χ2v) is 8.32. The fraction of sp³-hybridized carbons (Fsp3) is 0. The number of hydrogen-bond donors (Lipinski definition) is 0. The molecule has 0 spiro atoms. The second-order valence-electron chi connectivity index (χ2n) is 5.35. The van der Waals surface area contributed by atoms with Gasteiger partial charge in [0.25, 0.3) is 0 Å². The van der Waals surface area contributed by atoms with Crippen LogP contribution in [0, 0.1) is 0 Å². The van der Waals surface area contributed by atoms with Gasteiger partial charge >= 0.3 is 17.1 Å². The Morgan fingerprint density at radius 2 is 1.19 bits per heavy atom. The summed E-state index contributed by atoms with van der Waals surface area (Å²) in [6.07, 6.45) is 0. The van der Waals surface area contributed by atoms with Crippen molar-refractivity contribution in [1.82, 2.24) is 0 Å². The van der Waals surface area contributed by atoms with Crippen molar-refractivity contribution >= 4 is 47.0 Å². The van der Waals surface area contributed by atoms with E-state index in [0.29, 0.717) is 10.0 Å². The van der Waals surface area contributed by atoms with Gasteiger partial charge < -0.3 is 0 Å². The number of benzene rings is 2. The Kier molecular flexibility index (Phi) is 11.5. The Balaban J connectivity index is 0.000000455. The van der Waals surface area contributed by atoms with Crippen LogP contribution in [0.25, 0.3) is 0 Å². The molecule has 0 bridgehead atoms. The molecule has 142 valence electrons. The number of rotatable bonds is 3. The molecule has 4 aromatic carbocycles. The van der Waals surface area contributed by atoms with Crippen LogP contribution in [0.4, 0.5) is 0 Å². The third-order valence-corrected chi connectivity index (χ3v) is 7.08. The smallest absolute Gasteiger partial charge is 0.214 e. The monoisotopic (exact) mass is 544 g/mol. The SMILES string of the molecule is Clc1cc[c-](P(c2ccccc2)c2ccccc2)c1Cl.[Fe+2].[Pd].c1cc[cH-]c1. The molecule has 0 amide bonds. The average molecular weight is 546 g/mol. The van der Waals surface area contributed by atoms with E-state index in [-0.39, 0.29) is 37.5 Å². The Hall–Kier alpha value is -0.668. The molecule has 4 aromatic rings. The van der Waals surface area contributed by atoms with E-state index >= 15 is 0 Å². The van der Waals surface area contributed by atoms with Crippen LogP contribution in [0.15, 0.2) is 103 Å². The fourth-order valence-electron chi connectivity index (χ4n) is 2.50. The van der Waals surface area contributed by atoms with Gasteiger partial charge in [0, 0.05) is 20.4 Å². The van der Waals surface area contributed by atoms with Crippen molar-refractivity contribution in [3.05, 3.63) is 113 Å². The Bertz CT molecular complexity index is 821. The van der Waals surface area contributed by atoms with E-state index in [4.69, 9.17) is 23.2 Å². The van der Waals surface area contributed by atoms with E-state index in [1.807, 2.05) is 54.6 Å². The molecular weight excluding hydrogens is 528 g/mol. The Labute approximate surface area is 196 Å². The predicted molar refractivity (Wildman–Crippen MR) is 113 cm³/mol. The molecule has 4 rings (SSSR count). The molecule has 0 nitrogen and oxygen atoms in total. The average Bonchev–Trinajstić information content (AvgIpc) is 3.34.